The average molecular weight is 301 g/mol. The van der Waals surface area contributed by atoms with Gasteiger partial charge in [-0.3, -0.25) is 0 Å². The van der Waals surface area contributed by atoms with Crippen molar-refractivity contribution in [2.75, 3.05) is 21.2 Å². The molecule has 1 atom stereocenters. The summed E-state index contributed by atoms with van der Waals surface area (Å²) < 4.78 is 5.21. The van der Waals surface area contributed by atoms with Gasteiger partial charge < -0.3 is 9.64 Å². The Hall–Kier alpha value is -1.45. The van der Waals surface area contributed by atoms with E-state index in [9.17, 15) is 0 Å². The van der Waals surface area contributed by atoms with Crippen LogP contribution >= 0.6 is 11.8 Å². The van der Waals surface area contributed by atoms with Crippen LogP contribution in [0.2, 0.25) is 0 Å². The van der Waals surface area contributed by atoms with E-state index in [0.29, 0.717) is 6.04 Å². The third-order valence-electron chi connectivity index (χ3n) is 3.66. The van der Waals surface area contributed by atoms with Crippen molar-refractivity contribution in [1.82, 2.24) is 4.90 Å². The van der Waals surface area contributed by atoms with Gasteiger partial charge in [-0.2, -0.15) is 0 Å². The zero-order chi connectivity index (χ0) is 15.2. The van der Waals surface area contributed by atoms with E-state index in [-0.39, 0.29) is 0 Å². The molecule has 2 nitrogen and oxygen atoms in total. The fourth-order valence-corrected chi connectivity index (χ4v) is 3.00. The summed E-state index contributed by atoms with van der Waals surface area (Å²) in [6.45, 7) is 2.26. The van der Waals surface area contributed by atoms with Gasteiger partial charge in [0.25, 0.3) is 0 Å². The van der Waals surface area contributed by atoms with Crippen molar-refractivity contribution in [2.45, 2.75) is 29.2 Å². The number of nitrogens with zero attached hydrogens (tertiary/aromatic N) is 1. The third kappa shape index (κ3) is 4.51. The van der Waals surface area contributed by atoms with E-state index < -0.39 is 0 Å². The molecule has 0 spiro atoms. The molecule has 0 fully saturated rings. The average Bonchev–Trinajstić information content (AvgIpc) is 2.50. The molecule has 2 rings (SSSR count). The summed E-state index contributed by atoms with van der Waals surface area (Å²) in [6.07, 6.45) is 1.06. The maximum Gasteiger partial charge on any atom is 0.118 e. The molecule has 112 valence electrons. The molecule has 0 aromatic heterocycles. The van der Waals surface area contributed by atoms with Crippen molar-refractivity contribution in [3.63, 3.8) is 0 Å². The van der Waals surface area contributed by atoms with Gasteiger partial charge in [-0.15, -0.1) is 0 Å². The van der Waals surface area contributed by atoms with E-state index in [1.807, 2.05) is 23.9 Å². The fraction of sp³-hybridized carbons (Fsp3) is 0.333. The summed E-state index contributed by atoms with van der Waals surface area (Å²) >= 11 is 1.81. The topological polar surface area (TPSA) is 12.5 Å². The van der Waals surface area contributed by atoms with Gasteiger partial charge in [-0.05, 0) is 63.3 Å². The molecule has 2 aromatic carbocycles. The Morgan fingerprint density at radius 2 is 1.71 bits per heavy atom. The minimum atomic E-state index is 0.530. The van der Waals surface area contributed by atoms with Gasteiger partial charge >= 0.3 is 0 Å². The molecule has 1 unspecified atom stereocenters. The smallest absolute Gasteiger partial charge is 0.118 e. The third-order valence-corrected chi connectivity index (χ3v) is 4.78. The van der Waals surface area contributed by atoms with Crippen LogP contribution in [0.25, 0.3) is 0 Å². The van der Waals surface area contributed by atoms with Crippen LogP contribution in [0, 0.1) is 0 Å². The second-order valence-corrected chi connectivity index (χ2v) is 6.52. The molecule has 0 amide bonds. The van der Waals surface area contributed by atoms with Crippen LogP contribution in [0.4, 0.5) is 0 Å². The summed E-state index contributed by atoms with van der Waals surface area (Å²) in [5, 5.41) is 0. The van der Waals surface area contributed by atoms with Crippen molar-refractivity contribution >= 4 is 11.8 Å². The quantitative estimate of drug-likeness (QED) is 0.787. The van der Waals surface area contributed by atoms with E-state index in [0.717, 1.165) is 12.2 Å². The predicted molar refractivity (Wildman–Crippen MR) is 90.4 cm³/mol. The highest BCUT2D eigenvalue weighted by atomic mass is 32.2. The fourth-order valence-electron chi connectivity index (χ4n) is 2.04. The summed E-state index contributed by atoms with van der Waals surface area (Å²) in [4.78, 5) is 4.83. The number of likely N-dealkylation sites (N-methyl/N-ethyl adjacent to an activating group) is 1. The van der Waals surface area contributed by atoms with Crippen LogP contribution < -0.4 is 4.74 Å². The van der Waals surface area contributed by atoms with Crippen LogP contribution in [-0.4, -0.2) is 32.1 Å². The van der Waals surface area contributed by atoms with Gasteiger partial charge in [0.2, 0.25) is 0 Å². The Kier molecular flexibility index (Phi) is 5.71. The minimum Gasteiger partial charge on any atom is -0.497 e. The van der Waals surface area contributed by atoms with Crippen molar-refractivity contribution in [2.24, 2.45) is 0 Å². The molecule has 3 heteroatoms. The lowest BCUT2D eigenvalue weighted by molar-refractivity contribution is 0.311. The molecule has 0 saturated carbocycles. The first-order chi connectivity index (χ1) is 10.1. The van der Waals surface area contributed by atoms with Crippen molar-refractivity contribution in [3.05, 3.63) is 54.1 Å². The molecule has 0 aliphatic heterocycles. The Balaban J connectivity index is 2.15. The maximum atomic E-state index is 5.21. The van der Waals surface area contributed by atoms with Crippen LogP contribution in [0.3, 0.4) is 0 Å². The molecule has 0 heterocycles. The van der Waals surface area contributed by atoms with Gasteiger partial charge in [0.1, 0.15) is 5.75 Å². The summed E-state index contributed by atoms with van der Waals surface area (Å²) in [6, 6.07) is 17.4. The number of ether oxygens (including phenoxy) is 1. The van der Waals surface area contributed by atoms with Crippen LogP contribution in [0.5, 0.6) is 5.75 Å². The van der Waals surface area contributed by atoms with Crippen molar-refractivity contribution in [1.29, 1.82) is 0 Å². The molecule has 0 bridgehead atoms. The second-order valence-electron chi connectivity index (χ2n) is 5.40. The van der Waals surface area contributed by atoms with Gasteiger partial charge in [-0.1, -0.05) is 30.0 Å². The highest BCUT2D eigenvalue weighted by Gasteiger charge is 2.10. The zero-order valence-corrected chi connectivity index (χ0v) is 14.0. The first-order valence-electron chi connectivity index (χ1n) is 7.16. The number of hydrogen-bond donors (Lipinski definition) is 0. The molecular formula is C18H23NOS. The normalized spacial score (nSPS) is 12.4. The van der Waals surface area contributed by atoms with Gasteiger partial charge in [-0.25, -0.2) is 0 Å². The van der Waals surface area contributed by atoms with Crippen LogP contribution in [0.15, 0.2) is 58.3 Å². The molecule has 0 aliphatic rings. The molecule has 21 heavy (non-hydrogen) atoms. The molecular weight excluding hydrogens is 278 g/mol. The molecule has 0 N–H and O–H groups in total. The lowest BCUT2D eigenvalue weighted by Gasteiger charge is -2.21. The minimum absolute atomic E-state index is 0.530. The summed E-state index contributed by atoms with van der Waals surface area (Å²) in [5.41, 5.74) is 1.40. The number of methoxy groups -OCH3 is 1. The lowest BCUT2D eigenvalue weighted by Crippen LogP contribution is -2.26. The SMILES string of the molecule is COc1ccc(Sc2ccccc2CC(C)N(C)C)cc1. The van der Waals surface area contributed by atoms with Gasteiger partial charge in [0.05, 0.1) is 7.11 Å². The van der Waals surface area contributed by atoms with E-state index in [4.69, 9.17) is 4.74 Å². The summed E-state index contributed by atoms with van der Waals surface area (Å²) in [5.74, 6) is 0.897. The first kappa shape index (κ1) is 15.9. The van der Waals surface area contributed by atoms with Crippen LogP contribution in [0.1, 0.15) is 12.5 Å². The molecule has 0 radical (unpaired) electrons. The van der Waals surface area contributed by atoms with Gasteiger partial charge in [0.15, 0.2) is 0 Å². The van der Waals surface area contributed by atoms with E-state index in [2.05, 4.69) is 62.3 Å². The Morgan fingerprint density at radius 3 is 2.33 bits per heavy atom. The lowest BCUT2D eigenvalue weighted by atomic mass is 10.1. The number of rotatable bonds is 6. The maximum absolute atomic E-state index is 5.21. The predicted octanol–water partition coefficient (Wildman–Crippen LogP) is 4.34. The largest absolute Gasteiger partial charge is 0.497 e. The van der Waals surface area contributed by atoms with E-state index in [1.54, 1.807) is 7.11 Å². The highest BCUT2D eigenvalue weighted by Crippen LogP contribution is 2.32. The monoisotopic (exact) mass is 301 g/mol. The number of benzene rings is 2. The van der Waals surface area contributed by atoms with E-state index >= 15 is 0 Å². The summed E-state index contributed by atoms with van der Waals surface area (Å²) in [7, 11) is 5.95. The van der Waals surface area contributed by atoms with Crippen LogP contribution in [-0.2, 0) is 6.42 Å². The van der Waals surface area contributed by atoms with Crippen molar-refractivity contribution in [3.8, 4) is 5.75 Å². The standard InChI is InChI=1S/C18H23NOS/c1-14(19(2)3)13-15-7-5-6-8-18(15)21-17-11-9-16(20-4)10-12-17/h5-12,14H,13H2,1-4H3. The van der Waals surface area contributed by atoms with E-state index in [1.165, 1.54) is 15.4 Å². The Bertz CT molecular complexity index is 566. The van der Waals surface area contributed by atoms with Crippen molar-refractivity contribution < 1.29 is 4.74 Å². The van der Waals surface area contributed by atoms with Gasteiger partial charge in [0, 0.05) is 15.8 Å². The Labute approximate surface area is 132 Å². The Morgan fingerprint density at radius 1 is 1.05 bits per heavy atom. The molecule has 0 aliphatic carbocycles. The highest BCUT2D eigenvalue weighted by molar-refractivity contribution is 7.99. The molecule has 2 aromatic rings. The first-order valence-corrected chi connectivity index (χ1v) is 7.98. The molecule has 0 saturated heterocycles. The second kappa shape index (κ2) is 7.53. The number of hydrogen-bond acceptors (Lipinski definition) is 3. The zero-order valence-electron chi connectivity index (χ0n) is 13.2.